The Balaban J connectivity index is 1.16. The van der Waals surface area contributed by atoms with Gasteiger partial charge in [-0.2, -0.15) is 4.98 Å². The predicted octanol–water partition coefficient (Wildman–Crippen LogP) is 4.88. The van der Waals surface area contributed by atoms with Crippen LogP contribution in [0.4, 0.5) is 11.6 Å². The van der Waals surface area contributed by atoms with E-state index in [2.05, 4.69) is 30.6 Å². The Kier molecular flexibility index (Phi) is 11.6. The standard InChI is InChI=1S/C34H43N7O6/c1-21-18-23-24(19-22(21)2)41(31-30(35-23)32(45)40-33(46)39-31)16-8-6-7-9-17-47-29(44)15-11-14-27(42)37-25-12-10-13-26(36-25)38-28(43)20-34(3,4)5/h10,12-13,18-19H,6-9,11,14-17,20H2,1-5H3,(H,40,45,46)(H2,36,37,38,42,43). The number of hydrogen-bond donors (Lipinski definition) is 3. The first-order chi connectivity index (χ1) is 22.3. The molecule has 3 N–H and O–H groups in total. The zero-order valence-electron chi connectivity index (χ0n) is 27.7. The van der Waals surface area contributed by atoms with Crippen LogP contribution in [0.3, 0.4) is 0 Å². The second-order valence-electron chi connectivity index (χ2n) is 13.0. The highest BCUT2D eigenvalue weighted by Gasteiger charge is 2.19. The van der Waals surface area contributed by atoms with Crippen LogP contribution in [0.5, 0.6) is 0 Å². The van der Waals surface area contributed by atoms with Crippen molar-refractivity contribution in [2.75, 3.05) is 17.2 Å². The minimum Gasteiger partial charge on any atom is -0.466 e. The summed E-state index contributed by atoms with van der Waals surface area (Å²) in [6.45, 7) is 10.7. The molecule has 0 spiro atoms. The first kappa shape index (κ1) is 34.9. The SMILES string of the molecule is Cc1cc2nc3c(=O)[nH]c(=O)nc-3n(CCCCCCOC(=O)CCCC(=O)Nc3cccc(NC(=O)CC(C)(C)C)n3)c2cc1C. The Morgan fingerprint density at radius 3 is 2.26 bits per heavy atom. The van der Waals surface area contributed by atoms with Gasteiger partial charge in [-0.3, -0.25) is 24.2 Å². The summed E-state index contributed by atoms with van der Waals surface area (Å²) in [6.07, 6.45) is 4.02. The lowest BCUT2D eigenvalue weighted by atomic mass is 9.92. The largest absolute Gasteiger partial charge is 0.466 e. The molecule has 3 heterocycles. The van der Waals surface area contributed by atoms with E-state index in [1.807, 2.05) is 51.3 Å². The number of anilines is 2. The number of rotatable bonds is 14. The first-order valence-corrected chi connectivity index (χ1v) is 15.9. The number of aromatic amines is 1. The van der Waals surface area contributed by atoms with Crippen LogP contribution >= 0.6 is 0 Å². The molecule has 13 nitrogen and oxygen atoms in total. The van der Waals surface area contributed by atoms with Crippen molar-refractivity contribution in [3.05, 3.63) is 62.3 Å². The average Bonchev–Trinajstić information content (AvgIpc) is 2.96. The van der Waals surface area contributed by atoms with E-state index in [0.29, 0.717) is 43.0 Å². The fourth-order valence-corrected chi connectivity index (χ4v) is 5.10. The Morgan fingerprint density at radius 1 is 0.851 bits per heavy atom. The molecule has 4 rings (SSSR count). The molecule has 0 saturated carbocycles. The summed E-state index contributed by atoms with van der Waals surface area (Å²) in [7, 11) is 0. The summed E-state index contributed by atoms with van der Waals surface area (Å²) < 4.78 is 7.23. The van der Waals surface area contributed by atoms with E-state index >= 15 is 0 Å². The molecule has 0 radical (unpaired) electrons. The Morgan fingerprint density at radius 2 is 1.53 bits per heavy atom. The Hall–Kier alpha value is -4.94. The third-order valence-corrected chi connectivity index (χ3v) is 7.52. The van der Waals surface area contributed by atoms with Crippen molar-refractivity contribution in [1.82, 2.24) is 24.5 Å². The van der Waals surface area contributed by atoms with Gasteiger partial charge in [0.1, 0.15) is 11.6 Å². The monoisotopic (exact) mass is 645 g/mol. The lowest BCUT2D eigenvalue weighted by Crippen LogP contribution is -2.29. The summed E-state index contributed by atoms with van der Waals surface area (Å²) in [5.41, 5.74) is 2.31. The molecular formula is C34H43N7O6. The predicted molar refractivity (Wildman–Crippen MR) is 179 cm³/mol. The van der Waals surface area contributed by atoms with Gasteiger partial charge < -0.3 is 19.9 Å². The molecule has 0 aliphatic carbocycles. The molecule has 1 aromatic heterocycles. The van der Waals surface area contributed by atoms with Gasteiger partial charge in [0.25, 0.3) is 5.56 Å². The molecule has 13 heteroatoms. The van der Waals surface area contributed by atoms with Crippen LogP contribution in [0.1, 0.15) is 83.3 Å². The van der Waals surface area contributed by atoms with E-state index < -0.39 is 11.2 Å². The normalized spacial score (nSPS) is 11.5. The molecule has 0 fully saturated rings. The minimum absolute atomic E-state index is 0.120. The number of amides is 2. The van der Waals surface area contributed by atoms with Gasteiger partial charge in [0.15, 0.2) is 11.5 Å². The number of hydrogen-bond acceptors (Lipinski definition) is 9. The molecule has 2 aromatic rings. The molecule has 47 heavy (non-hydrogen) atoms. The molecule has 1 aromatic carbocycles. The number of benzene rings is 1. The number of esters is 1. The van der Waals surface area contributed by atoms with Gasteiger partial charge in [0.05, 0.1) is 17.6 Å². The van der Waals surface area contributed by atoms with Gasteiger partial charge in [0, 0.05) is 25.8 Å². The van der Waals surface area contributed by atoms with Crippen LogP contribution in [0.15, 0.2) is 39.9 Å². The van der Waals surface area contributed by atoms with Crippen molar-refractivity contribution < 1.29 is 19.1 Å². The van der Waals surface area contributed by atoms with Gasteiger partial charge in [-0.1, -0.05) is 33.3 Å². The number of pyridine rings is 1. The number of ether oxygens (including phenoxy) is 1. The second kappa shape index (κ2) is 15.6. The molecule has 0 atom stereocenters. The fourth-order valence-electron chi connectivity index (χ4n) is 5.10. The lowest BCUT2D eigenvalue weighted by Gasteiger charge is -2.17. The topological polar surface area (TPSA) is 178 Å². The van der Waals surface area contributed by atoms with E-state index in [1.54, 1.807) is 18.2 Å². The maximum atomic E-state index is 12.4. The number of aryl methyl sites for hydroxylation is 3. The van der Waals surface area contributed by atoms with E-state index in [9.17, 15) is 24.0 Å². The van der Waals surface area contributed by atoms with Gasteiger partial charge >= 0.3 is 11.7 Å². The summed E-state index contributed by atoms with van der Waals surface area (Å²) in [4.78, 5) is 76.1. The van der Waals surface area contributed by atoms with E-state index in [-0.39, 0.29) is 54.2 Å². The molecular weight excluding hydrogens is 602 g/mol. The molecule has 2 aliphatic heterocycles. The molecule has 0 saturated heterocycles. The molecule has 250 valence electrons. The molecule has 2 amide bonds. The molecule has 0 bridgehead atoms. The molecule has 0 unspecified atom stereocenters. The molecule has 2 aliphatic rings. The van der Waals surface area contributed by atoms with Gasteiger partial charge in [-0.05, 0) is 80.3 Å². The number of aromatic nitrogens is 5. The van der Waals surface area contributed by atoms with Gasteiger partial charge in [-0.15, -0.1) is 0 Å². The van der Waals surface area contributed by atoms with E-state index in [0.717, 1.165) is 35.9 Å². The smallest absolute Gasteiger partial charge is 0.349 e. The Labute approximate surface area is 272 Å². The van der Waals surface area contributed by atoms with Crippen LogP contribution < -0.4 is 21.9 Å². The van der Waals surface area contributed by atoms with Crippen molar-refractivity contribution in [3.63, 3.8) is 0 Å². The van der Waals surface area contributed by atoms with Crippen molar-refractivity contribution >= 4 is 40.5 Å². The van der Waals surface area contributed by atoms with Crippen molar-refractivity contribution in [2.45, 2.75) is 92.5 Å². The highest BCUT2D eigenvalue weighted by Crippen LogP contribution is 2.24. The number of carbonyl (C=O) groups is 3. The maximum Gasteiger partial charge on any atom is 0.349 e. The summed E-state index contributed by atoms with van der Waals surface area (Å²) >= 11 is 0. The zero-order valence-corrected chi connectivity index (χ0v) is 27.7. The highest BCUT2D eigenvalue weighted by molar-refractivity contribution is 5.92. The fraction of sp³-hybridized carbons (Fsp3) is 0.471. The number of nitrogens with one attached hydrogen (secondary N) is 3. The number of fused-ring (bicyclic) bond motifs is 2. The average molecular weight is 646 g/mol. The zero-order chi connectivity index (χ0) is 34.1. The summed E-state index contributed by atoms with van der Waals surface area (Å²) in [5.74, 6) is 0.144. The van der Waals surface area contributed by atoms with Crippen molar-refractivity contribution in [3.8, 4) is 11.5 Å². The number of H-pyrrole nitrogens is 1. The van der Waals surface area contributed by atoms with Crippen LogP contribution in [0.2, 0.25) is 0 Å². The lowest BCUT2D eigenvalue weighted by molar-refractivity contribution is -0.143. The van der Waals surface area contributed by atoms with E-state index in [4.69, 9.17) is 4.74 Å². The number of nitrogens with zero attached hydrogens (tertiary/aromatic N) is 4. The van der Waals surface area contributed by atoms with E-state index in [1.165, 1.54) is 0 Å². The van der Waals surface area contributed by atoms with Crippen LogP contribution in [-0.2, 0) is 25.7 Å². The van der Waals surface area contributed by atoms with Crippen LogP contribution in [0, 0.1) is 19.3 Å². The van der Waals surface area contributed by atoms with Gasteiger partial charge in [0.2, 0.25) is 11.8 Å². The van der Waals surface area contributed by atoms with Crippen molar-refractivity contribution in [2.24, 2.45) is 5.41 Å². The van der Waals surface area contributed by atoms with Gasteiger partial charge in [-0.25, -0.2) is 14.8 Å². The highest BCUT2D eigenvalue weighted by atomic mass is 16.5. The first-order valence-electron chi connectivity index (χ1n) is 15.9. The number of carbonyl (C=O) groups excluding carboxylic acids is 3. The quantitative estimate of drug-likeness (QED) is 0.0979. The third kappa shape index (κ3) is 10.3. The van der Waals surface area contributed by atoms with Crippen LogP contribution in [-0.4, -0.2) is 48.9 Å². The van der Waals surface area contributed by atoms with Crippen LogP contribution in [0.25, 0.3) is 22.6 Å². The summed E-state index contributed by atoms with van der Waals surface area (Å²) in [6, 6.07) is 8.91. The minimum atomic E-state index is -0.704. The second-order valence-corrected chi connectivity index (χ2v) is 13.0. The van der Waals surface area contributed by atoms with Crippen molar-refractivity contribution in [1.29, 1.82) is 0 Å². The third-order valence-electron chi connectivity index (χ3n) is 7.52. The summed E-state index contributed by atoms with van der Waals surface area (Å²) in [5, 5.41) is 5.44. The Bertz CT molecular complexity index is 1840. The maximum absolute atomic E-state index is 12.4. The number of unbranched alkanes of at least 4 members (excludes halogenated alkanes) is 3.